The normalized spacial score (nSPS) is 10.8. The van der Waals surface area contributed by atoms with E-state index in [9.17, 15) is 0 Å². The van der Waals surface area contributed by atoms with Crippen molar-refractivity contribution in [3.8, 4) is 22.4 Å². The largest absolute Gasteiger partial charge is 0.383 e. The Kier molecular flexibility index (Phi) is 3.13. The maximum Gasteiger partial charge on any atom is 0.129 e. The first kappa shape index (κ1) is 13.2. The molecular weight excluding hydrogens is 264 g/mol. The van der Waals surface area contributed by atoms with E-state index in [0.29, 0.717) is 5.82 Å². The third-order valence-corrected chi connectivity index (χ3v) is 3.42. The predicted octanol–water partition coefficient (Wildman–Crippen LogP) is 2.14. The van der Waals surface area contributed by atoms with Crippen molar-refractivity contribution in [1.29, 1.82) is 0 Å². The van der Waals surface area contributed by atoms with Crippen molar-refractivity contribution in [3.63, 3.8) is 0 Å². The lowest BCUT2D eigenvalue weighted by atomic mass is 10.0. The molecule has 3 rings (SSSR count). The third-order valence-electron chi connectivity index (χ3n) is 3.42. The van der Waals surface area contributed by atoms with E-state index in [-0.39, 0.29) is 0 Å². The van der Waals surface area contributed by atoms with Crippen LogP contribution in [0.25, 0.3) is 22.4 Å². The second-order valence-corrected chi connectivity index (χ2v) is 4.95. The van der Waals surface area contributed by atoms with Crippen LogP contribution in [0.3, 0.4) is 0 Å². The van der Waals surface area contributed by atoms with E-state index in [0.717, 1.165) is 33.8 Å². The van der Waals surface area contributed by atoms with Crippen LogP contribution >= 0.6 is 0 Å². The topological polar surface area (TPSA) is 82.5 Å². The molecule has 21 heavy (non-hydrogen) atoms. The van der Waals surface area contributed by atoms with E-state index in [1.807, 2.05) is 39.1 Å². The summed E-state index contributed by atoms with van der Waals surface area (Å²) in [6.07, 6.45) is 3.49. The lowest BCUT2D eigenvalue weighted by Crippen LogP contribution is -1.98. The van der Waals surface area contributed by atoms with Crippen LogP contribution in [0.4, 0.5) is 5.82 Å². The summed E-state index contributed by atoms with van der Waals surface area (Å²) < 4.78 is 1.68. The fraction of sp³-hybridized carbons (Fsp3) is 0.200. The van der Waals surface area contributed by atoms with Gasteiger partial charge in [0.05, 0.1) is 17.0 Å². The fourth-order valence-electron chi connectivity index (χ4n) is 2.32. The van der Waals surface area contributed by atoms with E-state index in [4.69, 9.17) is 5.73 Å². The Bertz CT molecular complexity index is 791. The van der Waals surface area contributed by atoms with Crippen molar-refractivity contribution in [2.24, 2.45) is 7.05 Å². The first-order chi connectivity index (χ1) is 10.1. The first-order valence-electron chi connectivity index (χ1n) is 6.62. The summed E-state index contributed by atoms with van der Waals surface area (Å²) in [5.74, 6) is 0.616. The van der Waals surface area contributed by atoms with Crippen molar-refractivity contribution in [2.45, 2.75) is 13.8 Å². The molecule has 0 spiro atoms. The van der Waals surface area contributed by atoms with Gasteiger partial charge in [-0.15, -0.1) is 0 Å². The van der Waals surface area contributed by atoms with Gasteiger partial charge in [-0.1, -0.05) is 0 Å². The maximum absolute atomic E-state index is 6.20. The highest BCUT2D eigenvalue weighted by molar-refractivity contribution is 5.88. The average molecular weight is 280 g/mol. The summed E-state index contributed by atoms with van der Waals surface area (Å²) in [6.45, 7) is 3.83. The number of aromatic nitrogens is 5. The molecule has 3 aromatic heterocycles. The molecule has 6 heteroatoms. The maximum atomic E-state index is 6.20. The summed E-state index contributed by atoms with van der Waals surface area (Å²) >= 11 is 0. The minimum absolute atomic E-state index is 0.616. The zero-order chi connectivity index (χ0) is 15.0. The van der Waals surface area contributed by atoms with E-state index in [1.54, 1.807) is 17.1 Å². The fourth-order valence-corrected chi connectivity index (χ4v) is 2.32. The molecule has 0 aromatic carbocycles. The van der Waals surface area contributed by atoms with Crippen LogP contribution in [0.5, 0.6) is 0 Å². The zero-order valence-corrected chi connectivity index (χ0v) is 12.2. The summed E-state index contributed by atoms with van der Waals surface area (Å²) in [4.78, 5) is 4.05. The van der Waals surface area contributed by atoms with E-state index in [2.05, 4.69) is 20.3 Å². The summed E-state index contributed by atoms with van der Waals surface area (Å²) in [7, 11) is 1.83. The van der Waals surface area contributed by atoms with Crippen molar-refractivity contribution in [1.82, 2.24) is 25.0 Å². The number of anilines is 1. The van der Waals surface area contributed by atoms with E-state index >= 15 is 0 Å². The SMILES string of the molecule is Cc1cc(-c2nn(C)c(N)c2-c2ccncc2)c(C)nn1. The summed E-state index contributed by atoms with van der Waals surface area (Å²) in [6, 6.07) is 5.83. The zero-order valence-electron chi connectivity index (χ0n) is 12.2. The Labute approximate surface area is 122 Å². The monoisotopic (exact) mass is 280 g/mol. The van der Waals surface area contributed by atoms with Crippen molar-refractivity contribution < 1.29 is 0 Å². The Morgan fingerprint density at radius 1 is 1.10 bits per heavy atom. The molecule has 3 aromatic rings. The Balaban J connectivity index is 2.29. The van der Waals surface area contributed by atoms with Crippen LogP contribution in [0.2, 0.25) is 0 Å². The molecule has 6 nitrogen and oxygen atoms in total. The van der Waals surface area contributed by atoms with Crippen LogP contribution in [0.1, 0.15) is 11.4 Å². The van der Waals surface area contributed by atoms with Gasteiger partial charge in [-0.3, -0.25) is 9.67 Å². The lowest BCUT2D eigenvalue weighted by molar-refractivity contribution is 0.781. The van der Waals surface area contributed by atoms with Gasteiger partial charge in [0, 0.05) is 25.0 Å². The molecule has 2 N–H and O–H groups in total. The van der Waals surface area contributed by atoms with Gasteiger partial charge in [0.25, 0.3) is 0 Å². The van der Waals surface area contributed by atoms with Gasteiger partial charge in [0.15, 0.2) is 0 Å². The van der Waals surface area contributed by atoms with Gasteiger partial charge >= 0.3 is 0 Å². The molecule has 3 heterocycles. The molecule has 106 valence electrons. The highest BCUT2D eigenvalue weighted by Crippen LogP contribution is 2.36. The van der Waals surface area contributed by atoms with Gasteiger partial charge in [0.1, 0.15) is 11.5 Å². The van der Waals surface area contributed by atoms with Crippen LogP contribution in [-0.4, -0.2) is 25.0 Å². The molecule has 0 saturated carbocycles. The minimum Gasteiger partial charge on any atom is -0.383 e. The molecule has 0 atom stereocenters. The second-order valence-electron chi connectivity index (χ2n) is 4.95. The minimum atomic E-state index is 0.616. The number of nitrogens with zero attached hydrogens (tertiary/aromatic N) is 5. The molecule has 0 aliphatic heterocycles. The molecule has 0 fully saturated rings. The van der Waals surface area contributed by atoms with Gasteiger partial charge in [-0.05, 0) is 37.6 Å². The number of nitrogens with two attached hydrogens (primary N) is 1. The summed E-state index contributed by atoms with van der Waals surface area (Å²) in [5, 5.41) is 12.8. The number of nitrogen functional groups attached to an aromatic ring is 1. The smallest absolute Gasteiger partial charge is 0.129 e. The molecule has 0 saturated heterocycles. The Morgan fingerprint density at radius 3 is 2.52 bits per heavy atom. The predicted molar refractivity (Wildman–Crippen MR) is 81.4 cm³/mol. The van der Waals surface area contributed by atoms with E-state index in [1.165, 1.54) is 0 Å². The van der Waals surface area contributed by atoms with Crippen LogP contribution < -0.4 is 5.73 Å². The highest BCUT2D eigenvalue weighted by atomic mass is 15.3. The first-order valence-corrected chi connectivity index (χ1v) is 6.62. The molecule has 0 amide bonds. The average Bonchev–Trinajstić information content (AvgIpc) is 2.78. The number of rotatable bonds is 2. The van der Waals surface area contributed by atoms with Crippen LogP contribution in [-0.2, 0) is 7.05 Å². The second kappa shape index (κ2) is 4.97. The number of aryl methyl sites for hydroxylation is 3. The number of pyridine rings is 1. The van der Waals surface area contributed by atoms with Crippen molar-refractivity contribution in [2.75, 3.05) is 5.73 Å². The van der Waals surface area contributed by atoms with Gasteiger partial charge in [0.2, 0.25) is 0 Å². The molecule has 0 bridgehead atoms. The lowest BCUT2D eigenvalue weighted by Gasteiger charge is -2.06. The van der Waals surface area contributed by atoms with Crippen LogP contribution in [0, 0.1) is 13.8 Å². The number of hydrogen-bond donors (Lipinski definition) is 1. The Hall–Kier alpha value is -2.76. The van der Waals surface area contributed by atoms with Gasteiger partial charge in [-0.2, -0.15) is 15.3 Å². The van der Waals surface area contributed by atoms with Gasteiger partial charge in [-0.25, -0.2) is 0 Å². The van der Waals surface area contributed by atoms with Crippen molar-refractivity contribution >= 4 is 5.82 Å². The Morgan fingerprint density at radius 2 is 1.81 bits per heavy atom. The quantitative estimate of drug-likeness (QED) is 0.777. The molecular formula is C15H16N6. The molecule has 0 unspecified atom stereocenters. The highest BCUT2D eigenvalue weighted by Gasteiger charge is 2.19. The third kappa shape index (κ3) is 2.24. The van der Waals surface area contributed by atoms with Crippen molar-refractivity contribution in [3.05, 3.63) is 42.0 Å². The van der Waals surface area contributed by atoms with E-state index < -0.39 is 0 Å². The standard InChI is InChI=1S/C15H16N6/c1-9-8-12(10(2)19-18-9)14-13(15(16)21(3)20-14)11-4-6-17-7-5-11/h4-8H,16H2,1-3H3. The van der Waals surface area contributed by atoms with Crippen LogP contribution in [0.15, 0.2) is 30.6 Å². The van der Waals surface area contributed by atoms with Gasteiger partial charge < -0.3 is 5.73 Å². The molecule has 0 aliphatic carbocycles. The molecule has 0 aliphatic rings. The summed E-state index contributed by atoms with van der Waals surface area (Å²) in [5.41, 5.74) is 11.5. The number of hydrogen-bond acceptors (Lipinski definition) is 5. The molecule has 0 radical (unpaired) electrons.